The summed E-state index contributed by atoms with van der Waals surface area (Å²) in [5, 5.41) is 15.7. The van der Waals surface area contributed by atoms with Gasteiger partial charge in [0.1, 0.15) is 5.69 Å². The molecule has 0 amide bonds. The van der Waals surface area contributed by atoms with E-state index < -0.39 is 0 Å². The Labute approximate surface area is 115 Å². The zero-order chi connectivity index (χ0) is 14.7. The molecule has 0 fully saturated rings. The van der Waals surface area contributed by atoms with Crippen LogP contribution in [0, 0.1) is 6.92 Å². The Balaban J connectivity index is 2.26. The third-order valence-electron chi connectivity index (χ3n) is 2.52. The van der Waals surface area contributed by atoms with E-state index in [9.17, 15) is 0 Å². The minimum atomic E-state index is -0.0989. The Hall–Kier alpha value is -2.64. The van der Waals surface area contributed by atoms with Crippen LogP contribution >= 0.6 is 0 Å². The first-order valence-electron chi connectivity index (χ1n) is 6.05. The smallest absolute Gasteiger partial charge is 0.322 e. The number of ether oxygens (including phenoxy) is 1. The van der Waals surface area contributed by atoms with Gasteiger partial charge in [-0.1, -0.05) is 5.16 Å². The number of aromatic nitrogens is 4. The number of amidine groups is 1. The molecule has 0 saturated heterocycles. The molecule has 8 nitrogen and oxygen atoms in total. The van der Waals surface area contributed by atoms with E-state index in [-0.39, 0.29) is 17.9 Å². The van der Waals surface area contributed by atoms with E-state index in [1.54, 1.807) is 30.1 Å². The van der Waals surface area contributed by atoms with Gasteiger partial charge in [-0.3, -0.25) is 4.68 Å². The van der Waals surface area contributed by atoms with Crippen molar-refractivity contribution in [2.24, 2.45) is 10.9 Å². The van der Waals surface area contributed by atoms with E-state index >= 15 is 0 Å². The van der Waals surface area contributed by atoms with Gasteiger partial charge in [0.05, 0.1) is 12.4 Å². The van der Waals surface area contributed by atoms with Crippen molar-refractivity contribution in [1.82, 2.24) is 19.7 Å². The summed E-state index contributed by atoms with van der Waals surface area (Å²) < 4.78 is 7.29. The minimum Gasteiger partial charge on any atom is -0.421 e. The molecule has 2 heterocycles. The molecule has 0 unspecified atom stereocenters. The van der Waals surface area contributed by atoms with Crippen LogP contribution in [0.3, 0.4) is 0 Å². The number of nitrogens with zero attached hydrogens (tertiary/aromatic N) is 5. The molecule has 2 aromatic rings. The van der Waals surface area contributed by atoms with Gasteiger partial charge in [0.25, 0.3) is 0 Å². The van der Waals surface area contributed by atoms with Gasteiger partial charge in [0.15, 0.2) is 11.6 Å². The molecule has 0 aliphatic heterocycles. The van der Waals surface area contributed by atoms with Crippen LogP contribution in [0.25, 0.3) is 0 Å². The lowest BCUT2D eigenvalue weighted by atomic mass is 10.3. The quantitative estimate of drug-likeness (QED) is 0.378. The Kier molecular flexibility index (Phi) is 3.83. The number of aryl methyl sites for hydroxylation is 1. The zero-order valence-corrected chi connectivity index (χ0v) is 11.5. The van der Waals surface area contributed by atoms with Crippen LogP contribution in [0.4, 0.5) is 0 Å². The van der Waals surface area contributed by atoms with Crippen LogP contribution in [-0.2, 0) is 0 Å². The lowest BCUT2D eigenvalue weighted by molar-refractivity contribution is 0.318. The molecule has 0 aromatic carbocycles. The first-order valence-corrected chi connectivity index (χ1v) is 6.05. The molecule has 2 rings (SSSR count). The monoisotopic (exact) mass is 276 g/mol. The van der Waals surface area contributed by atoms with Crippen LogP contribution in [0.2, 0.25) is 0 Å². The van der Waals surface area contributed by atoms with Crippen molar-refractivity contribution in [2.75, 3.05) is 0 Å². The van der Waals surface area contributed by atoms with Crippen LogP contribution < -0.4 is 10.5 Å². The summed E-state index contributed by atoms with van der Waals surface area (Å²) in [6.45, 7) is 5.78. The first-order chi connectivity index (χ1) is 9.49. The van der Waals surface area contributed by atoms with Gasteiger partial charge in [-0.05, 0) is 26.8 Å². The van der Waals surface area contributed by atoms with Crippen molar-refractivity contribution >= 4 is 5.84 Å². The van der Waals surface area contributed by atoms with Crippen LogP contribution in [0.15, 0.2) is 23.6 Å². The fraction of sp³-hybridized carbons (Fsp3) is 0.333. The second-order valence-corrected chi connectivity index (χ2v) is 4.51. The Bertz CT molecular complexity index is 635. The predicted octanol–water partition coefficient (Wildman–Crippen LogP) is 1.45. The maximum absolute atomic E-state index is 8.67. The van der Waals surface area contributed by atoms with E-state index in [0.29, 0.717) is 17.1 Å². The van der Waals surface area contributed by atoms with Crippen molar-refractivity contribution in [3.05, 3.63) is 29.8 Å². The number of oxime groups is 1. The molecule has 0 spiro atoms. The minimum absolute atomic E-state index is 0.0989. The van der Waals surface area contributed by atoms with Gasteiger partial charge >= 0.3 is 6.01 Å². The van der Waals surface area contributed by atoms with Gasteiger partial charge < -0.3 is 15.7 Å². The molecule has 0 aliphatic rings. The molecule has 0 radical (unpaired) electrons. The fourth-order valence-electron chi connectivity index (χ4n) is 1.53. The molecule has 0 bridgehead atoms. The van der Waals surface area contributed by atoms with Crippen molar-refractivity contribution in [3.8, 4) is 11.8 Å². The van der Waals surface area contributed by atoms with Crippen LogP contribution in [0.1, 0.15) is 31.3 Å². The first kappa shape index (κ1) is 13.8. The molecule has 106 valence electrons. The second-order valence-electron chi connectivity index (χ2n) is 4.51. The third kappa shape index (κ3) is 3.02. The summed E-state index contributed by atoms with van der Waals surface area (Å²) in [5.74, 6) is 0.424. The largest absolute Gasteiger partial charge is 0.421 e. The van der Waals surface area contributed by atoms with E-state index in [1.165, 1.54) is 0 Å². The number of hydrogen-bond donors (Lipinski definition) is 2. The van der Waals surface area contributed by atoms with Crippen molar-refractivity contribution in [3.63, 3.8) is 0 Å². The molecular formula is C12H16N6O2. The Morgan fingerprint density at radius 2 is 2.20 bits per heavy atom. The molecule has 0 saturated carbocycles. The van der Waals surface area contributed by atoms with E-state index in [4.69, 9.17) is 15.7 Å². The van der Waals surface area contributed by atoms with Gasteiger partial charge in [0, 0.05) is 11.7 Å². The molecule has 20 heavy (non-hydrogen) atoms. The van der Waals surface area contributed by atoms with Gasteiger partial charge in [-0.15, -0.1) is 0 Å². The summed E-state index contributed by atoms with van der Waals surface area (Å²) in [4.78, 5) is 8.20. The number of hydrogen-bond acceptors (Lipinski definition) is 6. The van der Waals surface area contributed by atoms with E-state index in [0.717, 1.165) is 0 Å². The maximum Gasteiger partial charge on any atom is 0.322 e. The van der Waals surface area contributed by atoms with Crippen molar-refractivity contribution in [2.45, 2.75) is 26.8 Å². The molecular weight excluding hydrogens is 260 g/mol. The van der Waals surface area contributed by atoms with Crippen molar-refractivity contribution in [1.29, 1.82) is 0 Å². The van der Waals surface area contributed by atoms with Gasteiger partial charge in [0.2, 0.25) is 0 Å². The highest BCUT2D eigenvalue weighted by Gasteiger charge is 2.10. The summed E-state index contributed by atoms with van der Waals surface area (Å²) in [6, 6.07) is 1.95. The maximum atomic E-state index is 8.67. The Morgan fingerprint density at radius 3 is 2.80 bits per heavy atom. The van der Waals surface area contributed by atoms with E-state index in [1.807, 2.05) is 13.8 Å². The molecule has 0 atom stereocenters. The normalized spacial score (nSPS) is 11.9. The Morgan fingerprint density at radius 1 is 1.45 bits per heavy atom. The average Bonchev–Trinajstić information content (AvgIpc) is 2.85. The number of rotatable bonds is 4. The molecule has 0 aliphatic carbocycles. The average molecular weight is 276 g/mol. The van der Waals surface area contributed by atoms with E-state index in [2.05, 4.69) is 20.2 Å². The second kappa shape index (κ2) is 5.55. The zero-order valence-electron chi connectivity index (χ0n) is 11.5. The predicted molar refractivity (Wildman–Crippen MR) is 72.0 cm³/mol. The van der Waals surface area contributed by atoms with Crippen LogP contribution in [-0.4, -0.2) is 30.8 Å². The van der Waals surface area contributed by atoms with Crippen molar-refractivity contribution < 1.29 is 9.94 Å². The lowest BCUT2D eigenvalue weighted by Gasteiger charge is -2.05. The number of nitrogens with two attached hydrogens (primary N) is 1. The standard InChI is InChI=1S/C12H16N6O2/c1-7(2)18-6-9(5-14-18)20-12-15-8(3)4-10(16-12)11(13)17-19/h4-7,19H,1-3H3,(H2,13,17). The summed E-state index contributed by atoms with van der Waals surface area (Å²) in [7, 11) is 0. The van der Waals surface area contributed by atoms with Gasteiger partial charge in [-0.25, -0.2) is 4.98 Å². The fourth-order valence-corrected chi connectivity index (χ4v) is 1.53. The lowest BCUT2D eigenvalue weighted by Crippen LogP contribution is -2.16. The SMILES string of the molecule is Cc1cc(/C(N)=N/O)nc(Oc2cnn(C(C)C)c2)n1. The highest BCUT2D eigenvalue weighted by atomic mass is 16.5. The molecule has 2 aromatic heterocycles. The third-order valence-corrected chi connectivity index (χ3v) is 2.52. The highest BCUT2D eigenvalue weighted by Crippen LogP contribution is 2.19. The molecule has 8 heteroatoms. The highest BCUT2D eigenvalue weighted by molar-refractivity contribution is 5.95. The van der Waals surface area contributed by atoms with Gasteiger partial charge in [-0.2, -0.15) is 10.1 Å². The molecule has 3 N–H and O–H groups in total. The topological polar surface area (TPSA) is 111 Å². The summed E-state index contributed by atoms with van der Waals surface area (Å²) in [6.07, 6.45) is 3.33. The summed E-state index contributed by atoms with van der Waals surface area (Å²) in [5.41, 5.74) is 6.45. The van der Waals surface area contributed by atoms with Crippen LogP contribution in [0.5, 0.6) is 11.8 Å². The summed E-state index contributed by atoms with van der Waals surface area (Å²) >= 11 is 0.